The van der Waals surface area contributed by atoms with E-state index in [1.54, 1.807) is 0 Å². The summed E-state index contributed by atoms with van der Waals surface area (Å²) in [5, 5.41) is 8.95. The first kappa shape index (κ1) is 15.7. The molecule has 7 heteroatoms. The largest absolute Gasteiger partial charge is 0.491 e. The molecule has 23 heavy (non-hydrogen) atoms. The van der Waals surface area contributed by atoms with Crippen molar-refractivity contribution in [2.45, 2.75) is 31.3 Å². The molecule has 0 radical (unpaired) electrons. The fraction of sp³-hybridized carbons (Fsp3) is 0.500. The molecule has 0 aliphatic carbocycles. The Kier molecular flexibility index (Phi) is 4.76. The molecule has 0 saturated carbocycles. The monoisotopic (exact) mass is 321 g/mol. The van der Waals surface area contributed by atoms with Gasteiger partial charge < -0.3 is 20.7 Å². The number of amides is 2. The number of ether oxygens (including phenoxy) is 1. The van der Waals surface area contributed by atoms with Gasteiger partial charge in [-0.1, -0.05) is 0 Å². The molecule has 1 fully saturated rings. The van der Waals surface area contributed by atoms with Crippen LogP contribution >= 0.6 is 0 Å². The van der Waals surface area contributed by atoms with Crippen molar-refractivity contribution in [3.05, 3.63) is 29.6 Å². The number of hydrogen-bond acceptors (Lipinski definition) is 4. The van der Waals surface area contributed by atoms with Gasteiger partial charge in [-0.2, -0.15) is 0 Å². The molecule has 2 aliphatic rings. The van der Waals surface area contributed by atoms with Crippen LogP contribution in [0.3, 0.4) is 0 Å². The Labute approximate surface area is 133 Å². The predicted molar refractivity (Wildman–Crippen MR) is 81.8 cm³/mol. The molecular weight excluding hydrogens is 301 g/mol. The van der Waals surface area contributed by atoms with Gasteiger partial charge in [0.25, 0.3) is 5.91 Å². The quantitative estimate of drug-likeness (QED) is 0.653. The lowest BCUT2D eigenvalue weighted by Crippen LogP contribution is -2.42. The van der Waals surface area contributed by atoms with Crippen molar-refractivity contribution in [3.63, 3.8) is 0 Å². The smallest absolute Gasteiger partial charge is 0.255 e. The van der Waals surface area contributed by atoms with Crippen LogP contribution in [-0.4, -0.2) is 43.6 Å². The molecule has 3 N–H and O–H groups in total. The summed E-state index contributed by atoms with van der Waals surface area (Å²) in [6, 6.07) is 4.10. The lowest BCUT2D eigenvalue weighted by Gasteiger charge is -2.17. The Morgan fingerprint density at radius 1 is 1.13 bits per heavy atom. The fourth-order valence-electron chi connectivity index (χ4n) is 2.99. The molecule has 2 aliphatic heterocycles. The number of fused-ring (bicyclic) bond motifs is 3. The highest BCUT2D eigenvalue weighted by atomic mass is 19.1. The maximum atomic E-state index is 13.4. The second-order valence-electron chi connectivity index (χ2n) is 5.89. The van der Waals surface area contributed by atoms with Crippen molar-refractivity contribution in [1.29, 1.82) is 0 Å². The van der Waals surface area contributed by atoms with Crippen LogP contribution in [0.25, 0.3) is 0 Å². The summed E-state index contributed by atoms with van der Waals surface area (Å²) >= 11 is 0. The van der Waals surface area contributed by atoms with E-state index in [1.807, 2.05) is 0 Å². The summed E-state index contributed by atoms with van der Waals surface area (Å²) in [5.41, 5.74) is 0.169. The molecule has 0 aromatic heterocycles. The van der Waals surface area contributed by atoms with Gasteiger partial charge in [-0.25, -0.2) is 4.39 Å². The number of nitrogens with one attached hydrogen (secondary N) is 3. The topological polar surface area (TPSA) is 79.5 Å². The zero-order chi connectivity index (χ0) is 16.2. The second-order valence-corrected chi connectivity index (χ2v) is 5.89. The fourth-order valence-corrected chi connectivity index (χ4v) is 2.99. The van der Waals surface area contributed by atoms with Crippen LogP contribution in [0.5, 0.6) is 5.75 Å². The van der Waals surface area contributed by atoms with E-state index in [0.29, 0.717) is 25.3 Å². The Morgan fingerprint density at radius 2 is 1.96 bits per heavy atom. The van der Waals surface area contributed by atoms with E-state index in [-0.39, 0.29) is 36.1 Å². The predicted octanol–water partition coefficient (Wildman–Crippen LogP) is 0.575. The van der Waals surface area contributed by atoms with E-state index in [0.717, 1.165) is 12.8 Å². The first-order chi connectivity index (χ1) is 11.1. The number of hydrogen-bond donors (Lipinski definition) is 3. The number of benzene rings is 1. The van der Waals surface area contributed by atoms with Crippen LogP contribution in [0.1, 0.15) is 29.6 Å². The Hall–Kier alpha value is -2.15. The van der Waals surface area contributed by atoms with Crippen molar-refractivity contribution in [1.82, 2.24) is 16.0 Å². The molecule has 0 spiro atoms. The third-order valence-electron chi connectivity index (χ3n) is 4.14. The van der Waals surface area contributed by atoms with Crippen molar-refractivity contribution in [3.8, 4) is 5.75 Å². The van der Waals surface area contributed by atoms with Gasteiger partial charge in [0.1, 0.15) is 18.2 Å². The molecule has 0 unspecified atom stereocenters. The van der Waals surface area contributed by atoms with Crippen molar-refractivity contribution in [2.75, 3.05) is 19.7 Å². The highest BCUT2D eigenvalue weighted by molar-refractivity contribution is 5.97. The van der Waals surface area contributed by atoms with Crippen LogP contribution in [0, 0.1) is 5.82 Å². The maximum Gasteiger partial charge on any atom is 0.255 e. The van der Waals surface area contributed by atoms with Gasteiger partial charge in [0.2, 0.25) is 5.91 Å². The summed E-state index contributed by atoms with van der Waals surface area (Å²) in [6.07, 6.45) is 2.21. The van der Waals surface area contributed by atoms with E-state index < -0.39 is 5.82 Å². The number of halogens is 1. The summed E-state index contributed by atoms with van der Waals surface area (Å²) in [5.74, 6) is -0.554. The standard InChI is InChI=1S/C16H20FN3O3/c17-10-1-4-14-13(7-10)16(22)19-9-12-3-2-11(20-12)8-15(21)18-5-6-23-14/h1,4,7,11-12,20H,2-3,5-6,8-9H2,(H,18,21)(H,19,22)/t11-,12+/m0/s1. The molecule has 3 rings (SSSR count). The third kappa shape index (κ3) is 3.98. The number of carbonyl (C=O) groups excluding carboxylic acids is 2. The molecule has 2 amide bonds. The molecule has 2 atom stereocenters. The van der Waals surface area contributed by atoms with E-state index >= 15 is 0 Å². The lowest BCUT2D eigenvalue weighted by atomic mass is 10.1. The zero-order valence-electron chi connectivity index (χ0n) is 12.7. The van der Waals surface area contributed by atoms with Crippen molar-refractivity contribution in [2.24, 2.45) is 0 Å². The molecule has 1 aromatic rings. The minimum atomic E-state index is -0.490. The first-order valence-electron chi connectivity index (χ1n) is 7.85. The van der Waals surface area contributed by atoms with Crippen molar-refractivity contribution < 1.29 is 18.7 Å². The Bertz CT molecular complexity index is 608. The Balaban J connectivity index is 1.78. The number of carbonyl (C=O) groups is 2. The van der Waals surface area contributed by atoms with Crippen LogP contribution in [-0.2, 0) is 4.79 Å². The molecule has 124 valence electrons. The van der Waals surface area contributed by atoms with Gasteiger partial charge in [0.05, 0.1) is 12.1 Å². The first-order valence-corrected chi connectivity index (χ1v) is 7.85. The SMILES string of the molecule is O=C1C[C@@H]2CC[C@H](CNC(=O)c3cc(F)ccc3OCCN1)N2. The van der Waals surface area contributed by atoms with Crippen LogP contribution in [0.2, 0.25) is 0 Å². The number of rotatable bonds is 0. The van der Waals surface area contributed by atoms with Crippen molar-refractivity contribution >= 4 is 11.8 Å². The minimum Gasteiger partial charge on any atom is -0.491 e. The second kappa shape index (κ2) is 6.95. The van der Waals surface area contributed by atoms with E-state index in [1.165, 1.54) is 18.2 Å². The maximum absolute atomic E-state index is 13.4. The van der Waals surface area contributed by atoms with Crippen LogP contribution in [0.4, 0.5) is 4.39 Å². The lowest BCUT2D eigenvalue weighted by molar-refractivity contribution is -0.121. The molecule has 2 bridgehead atoms. The van der Waals surface area contributed by atoms with Gasteiger partial charge in [-0.05, 0) is 31.0 Å². The van der Waals surface area contributed by atoms with E-state index in [4.69, 9.17) is 4.74 Å². The van der Waals surface area contributed by atoms with Gasteiger partial charge >= 0.3 is 0 Å². The summed E-state index contributed by atoms with van der Waals surface area (Å²) in [6.45, 7) is 0.999. The van der Waals surface area contributed by atoms with Crippen LogP contribution < -0.4 is 20.7 Å². The van der Waals surface area contributed by atoms with Crippen LogP contribution in [0.15, 0.2) is 18.2 Å². The third-order valence-corrected chi connectivity index (χ3v) is 4.14. The Morgan fingerprint density at radius 3 is 2.83 bits per heavy atom. The summed E-state index contributed by atoms with van der Waals surface area (Å²) in [7, 11) is 0. The minimum absolute atomic E-state index is 0.0211. The van der Waals surface area contributed by atoms with Gasteiger partial charge in [0, 0.05) is 25.0 Å². The van der Waals surface area contributed by atoms with Gasteiger partial charge in [-0.15, -0.1) is 0 Å². The zero-order valence-corrected chi connectivity index (χ0v) is 12.7. The van der Waals surface area contributed by atoms with E-state index in [2.05, 4.69) is 16.0 Å². The average Bonchev–Trinajstić information content (AvgIpc) is 2.97. The summed E-state index contributed by atoms with van der Waals surface area (Å²) < 4.78 is 19.0. The van der Waals surface area contributed by atoms with Gasteiger partial charge in [-0.3, -0.25) is 9.59 Å². The molecule has 1 aromatic carbocycles. The molecular formula is C16H20FN3O3. The highest BCUT2D eigenvalue weighted by Gasteiger charge is 2.26. The summed E-state index contributed by atoms with van der Waals surface area (Å²) in [4.78, 5) is 24.2. The molecule has 6 nitrogen and oxygen atoms in total. The van der Waals surface area contributed by atoms with Gasteiger partial charge in [0.15, 0.2) is 0 Å². The highest BCUT2D eigenvalue weighted by Crippen LogP contribution is 2.20. The molecule has 1 saturated heterocycles. The average molecular weight is 321 g/mol. The molecule has 2 heterocycles. The normalized spacial score (nSPS) is 25.6. The van der Waals surface area contributed by atoms with E-state index in [9.17, 15) is 14.0 Å².